The number of fused-ring (bicyclic) bond motifs is 1. The topological polar surface area (TPSA) is 57.9 Å². The lowest BCUT2D eigenvalue weighted by Gasteiger charge is -2.31. The van der Waals surface area contributed by atoms with Gasteiger partial charge in [0.2, 0.25) is 0 Å². The van der Waals surface area contributed by atoms with Crippen molar-refractivity contribution in [3.8, 4) is 5.75 Å². The lowest BCUT2D eigenvalue weighted by atomic mass is 10.1. The second kappa shape index (κ2) is 7.39. The first-order chi connectivity index (χ1) is 12.3. The zero-order chi connectivity index (χ0) is 17.1. The number of ether oxygens (including phenoxy) is 1. The molecule has 0 amide bonds. The minimum atomic E-state index is 0.252. The molecular weight excluding hydrogens is 336 g/mol. The highest BCUT2D eigenvalue weighted by molar-refractivity contribution is 7.97. The van der Waals surface area contributed by atoms with Crippen molar-refractivity contribution in [1.29, 1.82) is 0 Å². The average molecular weight is 356 g/mol. The molecule has 1 aliphatic rings. The van der Waals surface area contributed by atoms with Crippen LogP contribution in [-0.4, -0.2) is 28.7 Å². The van der Waals surface area contributed by atoms with Crippen LogP contribution in [0.3, 0.4) is 0 Å². The molecule has 1 saturated heterocycles. The van der Waals surface area contributed by atoms with Gasteiger partial charge in [0.15, 0.2) is 5.58 Å². The van der Waals surface area contributed by atoms with E-state index in [1.54, 1.807) is 18.2 Å². The Morgan fingerprint density at radius 2 is 1.88 bits per heavy atom. The number of piperidine rings is 1. The molecule has 0 bridgehead atoms. The van der Waals surface area contributed by atoms with Gasteiger partial charge < -0.3 is 9.15 Å². The predicted molar refractivity (Wildman–Crippen MR) is 99.1 cm³/mol. The summed E-state index contributed by atoms with van der Waals surface area (Å²) in [5.41, 5.74) is 3.59. The third-order valence-electron chi connectivity index (χ3n) is 4.37. The van der Waals surface area contributed by atoms with Crippen molar-refractivity contribution < 1.29 is 14.4 Å². The predicted octanol–water partition coefficient (Wildman–Crippen LogP) is 4.78. The summed E-state index contributed by atoms with van der Waals surface area (Å²) in [6.07, 6.45) is 3.84. The van der Waals surface area contributed by atoms with Crippen LogP contribution in [0, 0.1) is 0 Å². The van der Waals surface area contributed by atoms with Gasteiger partial charge >= 0.3 is 0 Å². The third kappa shape index (κ3) is 3.61. The Morgan fingerprint density at radius 1 is 1.08 bits per heavy atom. The lowest BCUT2D eigenvalue weighted by Crippen LogP contribution is -2.34. The number of furan rings is 1. The number of benzene rings is 2. The van der Waals surface area contributed by atoms with Crippen molar-refractivity contribution in [2.24, 2.45) is 0 Å². The van der Waals surface area contributed by atoms with Crippen LogP contribution in [0.5, 0.6) is 5.75 Å². The van der Waals surface area contributed by atoms with Crippen molar-refractivity contribution in [2.45, 2.75) is 23.8 Å². The molecule has 0 saturated carbocycles. The Balaban J connectivity index is 1.39. The minimum Gasteiger partial charge on any atom is -0.490 e. The largest absolute Gasteiger partial charge is 0.490 e. The van der Waals surface area contributed by atoms with Crippen molar-refractivity contribution in [3.05, 3.63) is 54.8 Å². The van der Waals surface area contributed by atoms with Crippen LogP contribution in [0.4, 0.5) is 5.69 Å². The van der Waals surface area contributed by atoms with Gasteiger partial charge in [0.1, 0.15) is 17.5 Å². The number of para-hydroxylation sites is 1. The van der Waals surface area contributed by atoms with Crippen molar-refractivity contribution in [3.63, 3.8) is 0 Å². The van der Waals surface area contributed by atoms with Crippen molar-refractivity contribution in [2.75, 3.05) is 18.6 Å². The highest BCUT2D eigenvalue weighted by atomic mass is 32.2. The van der Waals surface area contributed by atoms with E-state index in [9.17, 15) is 5.21 Å². The second-order valence-corrected chi connectivity index (χ2v) is 7.18. The maximum atomic E-state index is 9.51. The van der Waals surface area contributed by atoms with E-state index < -0.39 is 0 Å². The summed E-state index contributed by atoms with van der Waals surface area (Å²) >= 11 is 1.64. The first-order valence-electron chi connectivity index (χ1n) is 8.38. The second-order valence-electron chi connectivity index (χ2n) is 6.04. The summed E-state index contributed by atoms with van der Waals surface area (Å²) in [6.45, 7) is 1.87. The lowest BCUT2D eigenvalue weighted by molar-refractivity contribution is 0.139. The molecule has 0 aliphatic carbocycles. The molecular formula is C19H20N2O3S. The number of nitrogens with one attached hydrogen (secondary N) is 1. The Labute approximate surface area is 150 Å². The number of hydrogen-bond acceptors (Lipinski definition) is 6. The fraction of sp³-hybridized carbons (Fsp3) is 0.263. The van der Waals surface area contributed by atoms with Gasteiger partial charge in [-0.2, -0.15) is 0 Å². The Kier molecular flexibility index (Phi) is 4.83. The molecule has 2 N–H and O–H groups in total. The van der Waals surface area contributed by atoms with E-state index in [1.807, 2.05) is 48.5 Å². The maximum absolute atomic E-state index is 9.51. The van der Waals surface area contributed by atoms with Gasteiger partial charge in [-0.15, -0.1) is 0 Å². The number of anilines is 1. The number of nitrogens with zero attached hydrogens (tertiary/aromatic N) is 1. The molecule has 0 radical (unpaired) electrons. The Morgan fingerprint density at radius 3 is 2.64 bits per heavy atom. The molecule has 6 heteroatoms. The molecule has 0 spiro atoms. The zero-order valence-corrected chi connectivity index (χ0v) is 14.5. The molecule has 5 nitrogen and oxygen atoms in total. The summed E-state index contributed by atoms with van der Waals surface area (Å²) in [4.78, 5) is 0.951. The Hall–Kier alpha value is -2.15. The molecule has 1 aliphatic heterocycles. The van der Waals surface area contributed by atoms with Crippen molar-refractivity contribution in [1.82, 2.24) is 4.31 Å². The van der Waals surface area contributed by atoms with Gasteiger partial charge in [-0.3, -0.25) is 10.7 Å². The van der Waals surface area contributed by atoms with Crippen LogP contribution in [0.2, 0.25) is 0 Å². The third-order valence-corrected chi connectivity index (χ3v) is 5.53. The van der Waals surface area contributed by atoms with Gasteiger partial charge in [0.05, 0.1) is 11.2 Å². The fourth-order valence-corrected chi connectivity index (χ4v) is 4.10. The summed E-state index contributed by atoms with van der Waals surface area (Å²) in [5, 5.41) is 10.5. The summed E-state index contributed by atoms with van der Waals surface area (Å²) in [6, 6.07) is 15.9. The van der Waals surface area contributed by atoms with E-state index >= 15 is 0 Å². The fourth-order valence-electron chi connectivity index (χ4n) is 3.07. The maximum Gasteiger partial charge on any atom is 0.160 e. The first-order valence-corrected chi connectivity index (χ1v) is 9.16. The van der Waals surface area contributed by atoms with E-state index in [4.69, 9.17) is 9.15 Å². The van der Waals surface area contributed by atoms with Crippen LogP contribution in [0.1, 0.15) is 12.8 Å². The zero-order valence-electron chi connectivity index (χ0n) is 13.7. The monoisotopic (exact) mass is 356 g/mol. The van der Waals surface area contributed by atoms with Gasteiger partial charge in [-0.1, -0.05) is 18.2 Å². The molecule has 0 atom stereocenters. The highest BCUT2D eigenvalue weighted by Gasteiger charge is 2.22. The van der Waals surface area contributed by atoms with Crippen LogP contribution in [0.25, 0.3) is 11.0 Å². The highest BCUT2D eigenvalue weighted by Crippen LogP contribution is 2.37. The molecule has 1 aromatic heterocycles. The normalized spacial score (nSPS) is 16.2. The quantitative estimate of drug-likeness (QED) is 0.507. The summed E-state index contributed by atoms with van der Waals surface area (Å²) < 4.78 is 13.8. The van der Waals surface area contributed by atoms with Crippen LogP contribution in [-0.2, 0) is 0 Å². The molecule has 130 valence electrons. The molecule has 2 aromatic carbocycles. The molecule has 4 rings (SSSR count). The van der Waals surface area contributed by atoms with Gasteiger partial charge in [-0.25, -0.2) is 4.31 Å². The molecule has 25 heavy (non-hydrogen) atoms. The van der Waals surface area contributed by atoms with Gasteiger partial charge in [0, 0.05) is 18.5 Å². The van der Waals surface area contributed by atoms with Gasteiger partial charge in [-0.05, 0) is 55.1 Å². The standard InChI is InChI=1S/C19H20N2O3S/c22-20-18-17(7-6-14-10-13-23-19(14)18)25-21-11-8-16(9-12-21)24-15-4-2-1-3-5-15/h1-7,10,13,16,20,22H,8-9,11-12H2. The summed E-state index contributed by atoms with van der Waals surface area (Å²) in [5.74, 6) is 0.934. The molecule has 3 aromatic rings. The van der Waals surface area contributed by atoms with E-state index in [2.05, 4.69) is 9.79 Å². The SMILES string of the molecule is ONc1c(SN2CCC(Oc3ccccc3)CC2)ccc2ccoc12. The number of hydrogen-bond donors (Lipinski definition) is 2. The molecule has 2 heterocycles. The minimum absolute atomic E-state index is 0.252. The average Bonchev–Trinajstić information content (AvgIpc) is 3.13. The van der Waals surface area contributed by atoms with Crippen LogP contribution in [0.15, 0.2) is 64.1 Å². The van der Waals surface area contributed by atoms with E-state index in [0.717, 1.165) is 42.0 Å². The summed E-state index contributed by atoms with van der Waals surface area (Å²) in [7, 11) is 0. The van der Waals surface area contributed by atoms with E-state index in [0.29, 0.717) is 11.3 Å². The van der Waals surface area contributed by atoms with Crippen molar-refractivity contribution >= 4 is 28.6 Å². The van der Waals surface area contributed by atoms with Crippen LogP contribution >= 0.6 is 11.9 Å². The van der Waals surface area contributed by atoms with E-state index in [-0.39, 0.29) is 6.10 Å². The first kappa shape index (κ1) is 16.3. The van der Waals surface area contributed by atoms with Gasteiger partial charge in [0.25, 0.3) is 0 Å². The number of rotatable bonds is 5. The smallest absolute Gasteiger partial charge is 0.160 e. The molecule has 1 fully saturated rings. The Bertz CT molecular complexity index is 829. The molecule has 0 unspecified atom stereocenters. The van der Waals surface area contributed by atoms with E-state index in [1.165, 1.54) is 0 Å². The van der Waals surface area contributed by atoms with Crippen LogP contribution < -0.4 is 10.2 Å².